The van der Waals surface area contributed by atoms with Gasteiger partial charge in [0.1, 0.15) is 13.2 Å². The normalized spacial score (nSPS) is 16.0. The molecule has 0 aromatic heterocycles. The van der Waals surface area contributed by atoms with Crippen LogP contribution in [0.2, 0.25) is 0 Å². The second-order valence-electron chi connectivity index (χ2n) is 6.24. The zero-order valence-electron chi connectivity index (χ0n) is 13.9. The number of anilines is 1. The van der Waals surface area contributed by atoms with Crippen LogP contribution in [0, 0.1) is 0 Å². The van der Waals surface area contributed by atoms with Gasteiger partial charge < -0.3 is 14.8 Å². The first-order valence-corrected chi connectivity index (χ1v) is 9.83. The van der Waals surface area contributed by atoms with Gasteiger partial charge in [-0.1, -0.05) is 0 Å². The summed E-state index contributed by atoms with van der Waals surface area (Å²) in [6, 6.07) is 11.1. The predicted molar refractivity (Wildman–Crippen MR) is 95.2 cm³/mol. The Kier molecular flexibility index (Phi) is 4.20. The van der Waals surface area contributed by atoms with Gasteiger partial charge >= 0.3 is 0 Å². The minimum Gasteiger partial charge on any atom is -0.486 e. The van der Waals surface area contributed by atoms with Crippen molar-refractivity contribution >= 4 is 21.6 Å². The molecule has 1 fully saturated rings. The van der Waals surface area contributed by atoms with E-state index in [0.29, 0.717) is 36.0 Å². The third-order valence-corrected chi connectivity index (χ3v) is 5.51. The summed E-state index contributed by atoms with van der Waals surface area (Å²) in [6.45, 7) is 0.826. The van der Waals surface area contributed by atoms with Crippen molar-refractivity contribution in [3.05, 3.63) is 48.0 Å². The molecule has 8 heteroatoms. The molecule has 2 aliphatic rings. The lowest BCUT2D eigenvalue weighted by Gasteiger charge is -2.19. The van der Waals surface area contributed by atoms with E-state index in [1.807, 2.05) is 0 Å². The number of ether oxygens (including phenoxy) is 2. The van der Waals surface area contributed by atoms with E-state index in [9.17, 15) is 13.2 Å². The maximum Gasteiger partial charge on any atom is 0.262 e. The van der Waals surface area contributed by atoms with E-state index in [2.05, 4.69) is 10.0 Å². The van der Waals surface area contributed by atoms with Crippen molar-refractivity contribution in [1.29, 1.82) is 0 Å². The number of rotatable bonds is 5. The standard InChI is InChI=1S/C18H18N2O5S/c21-18(19-13-5-6-13)12-1-3-14(4-2-12)20-26(22,23)15-7-8-16-17(11-15)25-10-9-24-16/h1-4,7-8,11,13,20H,5-6,9-10H2,(H,19,21). The molecule has 2 N–H and O–H groups in total. The molecule has 0 atom stereocenters. The molecule has 1 aliphatic heterocycles. The summed E-state index contributed by atoms with van der Waals surface area (Å²) >= 11 is 0. The van der Waals surface area contributed by atoms with Gasteiger partial charge in [-0.25, -0.2) is 8.42 Å². The first-order chi connectivity index (χ1) is 12.5. The molecule has 0 bridgehead atoms. The van der Waals surface area contributed by atoms with Crippen molar-refractivity contribution in [1.82, 2.24) is 5.32 Å². The van der Waals surface area contributed by atoms with E-state index in [4.69, 9.17) is 9.47 Å². The van der Waals surface area contributed by atoms with Crippen molar-refractivity contribution in [3.63, 3.8) is 0 Å². The molecule has 0 spiro atoms. The van der Waals surface area contributed by atoms with Crippen LogP contribution in [0.25, 0.3) is 0 Å². The number of fused-ring (bicyclic) bond motifs is 1. The minimum absolute atomic E-state index is 0.0808. The molecule has 1 saturated carbocycles. The van der Waals surface area contributed by atoms with Gasteiger partial charge in [0.25, 0.3) is 15.9 Å². The Morgan fingerprint density at radius 2 is 1.65 bits per heavy atom. The molecular weight excluding hydrogens is 356 g/mol. The quantitative estimate of drug-likeness (QED) is 0.836. The summed E-state index contributed by atoms with van der Waals surface area (Å²) in [5.74, 6) is 0.793. The fourth-order valence-electron chi connectivity index (χ4n) is 2.59. The van der Waals surface area contributed by atoms with Crippen LogP contribution in [0.3, 0.4) is 0 Å². The fourth-order valence-corrected chi connectivity index (χ4v) is 3.66. The molecular formula is C18H18N2O5S. The maximum absolute atomic E-state index is 12.6. The average molecular weight is 374 g/mol. The van der Waals surface area contributed by atoms with Crippen molar-refractivity contribution in [2.75, 3.05) is 17.9 Å². The van der Waals surface area contributed by atoms with Gasteiger partial charge in [0.15, 0.2) is 11.5 Å². The smallest absolute Gasteiger partial charge is 0.262 e. The van der Waals surface area contributed by atoms with Gasteiger partial charge in [-0.05, 0) is 49.2 Å². The van der Waals surface area contributed by atoms with Gasteiger partial charge in [0, 0.05) is 23.4 Å². The first-order valence-electron chi connectivity index (χ1n) is 8.35. The average Bonchev–Trinajstić information content (AvgIpc) is 3.45. The largest absolute Gasteiger partial charge is 0.486 e. The number of carbonyl (C=O) groups excluding carboxylic acids is 1. The molecule has 2 aromatic rings. The fraction of sp³-hybridized carbons (Fsp3) is 0.278. The van der Waals surface area contributed by atoms with Crippen LogP contribution in [0.15, 0.2) is 47.4 Å². The Balaban J connectivity index is 1.49. The number of hydrogen-bond donors (Lipinski definition) is 2. The van der Waals surface area contributed by atoms with Crippen LogP contribution in [-0.2, 0) is 10.0 Å². The molecule has 1 amide bonds. The van der Waals surface area contributed by atoms with Crippen LogP contribution in [-0.4, -0.2) is 33.6 Å². The number of hydrogen-bond acceptors (Lipinski definition) is 5. The van der Waals surface area contributed by atoms with E-state index in [0.717, 1.165) is 12.8 Å². The molecule has 0 radical (unpaired) electrons. The molecule has 1 heterocycles. The molecule has 136 valence electrons. The number of carbonyl (C=O) groups is 1. The van der Waals surface area contributed by atoms with Crippen LogP contribution < -0.4 is 19.5 Å². The predicted octanol–water partition coefficient (Wildman–Crippen LogP) is 2.15. The second kappa shape index (κ2) is 6.53. The summed E-state index contributed by atoms with van der Waals surface area (Å²) in [6.07, 6.45) is 2.03. The molecule has 7 nitrogen and oxygen atoms in total. The third kappa shape index (κ3) is 3.60. The van der Waals surface area contributed by atoms with E-state index in [-0.39, 0.29) is 16.8 Å². The number of nitrogens with one attached hydrogen (secondary N) is 2. The Bertz CT molecular complexity index is 937. The number of sulfonamides is 1. The van der Waals surface area contributed by atoms with Crippen LogP contribution in [0.5, 0.6) is 11.5 Å². The Labute approximate surface area is 151 Å². The molecule has 26 heavy (non-hydrogen) atoms. The highest BCUT2D eigenvalue weighted by Crippen LogP contribution is 2.32. The van der Waals surface area contributed by atoms with E-state index < -0.39 is 10.0 Å². The van der Waals surface area contributed by atoms with Crippen molar-refractivity contribution in [2.24, 2.45) is 0 Å². The van der Waals surface area contributed by atoms with Gasteiger partial charge in [-0.3, -0.25) is 9.52 Å². The topological polar surface area (TPSA) is 93.7 Å². The Morgan fingerprint density at radius 3 is 2.35 bits per heavy atom. The summed E-state index contributed by atoms with van der Waals surface area (Å²) in [4.78, 5) is 12.1. The van der Waals surface area contributed by atoms with Crippen molar-refractivity contribution in [3.8, 4) is 11.5 Å². The van der Waals surface area contributed by atoms with E-state index in [1.165, 1.54) is 12.1 Å². The van der Waals surface area contributed by atoms with E-state index >= 15 is 0 Å². The Morgan fingerprint density at radius 1 is 0.962 bits per heavy atom. The lowest BCUT2D eigenvalue weighted by atomic mass is 10.2. The highest BCUT2D eigenvalue weighted by Gasteiger charge is 2.24. The van der Waals surface area contributed by atoms with Gasteiger partial charge in [-0.15, -0.1) is 0 Å². The highest BCUT2D eigenvalue weighted by atomic mass is 32.2. The lowest BCUT2D eigenvalue weighted by molar-refractivity contribution is 0.0951. The van der Waals surface area contributed by atoms with Gasteiger partial charge in [0.05, 0.1) is 4.90 Å². The van der Waals surface area contributed by atoms with Crippen LogP contribution in [0.1, 0.15) is 23.2 Å². The van der Waals surface area contributed by atoms with Gasteiger partial charge in [-0.2, -0.15) is 0 Å². The summed E-state index contributed by atoms with van der Waals surface area (Å²) < 4.78 is 38.5. The van der Waals surface area contributed by atoms with E-state index in [1.54, 1.807) is 30.3 Å². The number of benzene rings is 2. The minimum atomic E-state index is -3.78. The zero-order chi connectivity index (χ0) is 18.1. The Hall–Kier alpha value is -2.74. The number of amides is 1. The third-order valence-electron chi connectivity index (χ3n) is 4.14. The SMILES string of the molecule is O=C(NC1CC1)c1ccc(NS(=O)(=O)c2ccc3c(c2)OCCO3)cc1. The van der Waals surface area contributed by atoms with Crippen molar-refractivity contribution in [2.45, 2.75) is 23.8 Å². The molecule has 2 aromatic carbocycles. The lowest BCUT2D eigenvalue weighted by Crippen LogP contribution is -2.25. The van der Waals surface area contributed by atoms with Crippen molar-refractivity contribution < 1.29 is 22.7 Å². The first kappa shape index (κ1) is 16.7. The maximum atomic E-state index is 12.6. The van der Waals surface area contributed by atoms with Gasteiger partial charge in [0.2, 0.25) is 0 Å². The molecule has 1 aliphatic carbocycles. The highest BCUT2D eigenvalue weighted by molar-refractivity contribution is 7.92. The summed E-state index contributed by atoms with van der Waals surface area (Å²) in [5, 5.41) is 2.89. The zero-order valence-corrected chi connectivity index (χ0v) is 14.7. The second-order valence-corrected chi connectivity index (χ2v) is 7.92. The monoisotopic (exact) mass is 374 g/mol. The van der Waals surface area contributed by atoms with Crippen LogP contribution >= 0.6 is 0 Å². The summed E-state index contributed by atoms with van der Waals surface area (Å²) in [5.41, 5.74) is 0.877. The molecule has 0 unspecified atom stereocenters. The van der Waals surface area contributed by atoms with Crippen LogP contribution in [0.4, 0.5) is 5.69 Å². The molecule has 0 saturated heterocycles. The summed E-state index contributed by atoms with van der Waals surface area (Å²) in [7, 11) is -3.78. The molecule has 4 rings (SSSR count).